The monoisotopic (exact) mass is 234 g/mol. The lowest BCUT2D eigenvalue weighted by atomic mass is 10.1. The summed E-state index contributed by atoms with van der Waals surface area (Å²) in [7, 11) is 1.61. The molecule has 1 heterocycles. The van der Waals surface area contributed by atoms with Gasteiger partial charge in [0.15, 0.2) is 0 Å². The van der Waals surface area contributed by atoms with E-state index in [-0.39, 0.29) is 6.04 Å². The van der Waals surface area contributed by atoms with Gasteiger partial charge in [-0.3, -0.25) is 4.79 Å². The van der Waals surface area contributed by atoms with Gasteiger partial charge in [-0.2, -0.15) is 0 Å². The molecule has 0 aromatic rings. The fourth-order valence-electron chi connectivity index (χ4n) is 1.82. The van der Waals surface area contributed by atoms with E-state index in [1.165, 1.54) is 9.80 Å². The van der Waals surface area contributed by atoms with Gasteiger partial charge in [-0.05, 0) is 30.9 Å². The molecule has 0 aromatic heterocycles. The smallest absolute Gasteiger partial charge is 0.407 e. The summed E-state index contributed by atoms with van der Waals surface area (Å²) in [4.78, 5) is 24.4. The van der Waals surface area contributed by atoms with Gasteiger partial charge in [0.25, 0.3) is 0 Å². The molecule has 0 bridgehead atoms. The standard InChI is InChI=1S/C9H15ClN2O3/c1-11(8(10)13)6-4-7-3-2-5-12(7)9(14)15/h7H,2-6H2,1H3,(H,14,15). The third-order valence-electron chi connectivity index (χ3n) is 2.72. The van der Waals surface area contributed by atoms with Crippen molar-refractivity contribution in [2.45, 2.75) is 25.3 Å². The van der Waals surface area contributed by atoms with Gasteiger partial charge in [0.1, 0.15) is 0 Å². The molecular formula is C9H15ClN2O3. The van der Waals surface area contributed by atoms with E-state index < -0.39 is 11.5 Å². The highest BCUT2D eigenvalue weighted by Crippen LogP contribution is 2.20. The summed E-state index contributed by atoms with van der Waals surface area (Å²) in [5.41, 5.74) is 0. The highest BCUT2D eigenvalue weighted by Gasteiger charge is 2.28. The third-order valence-corrected chi connectivity index (χ3v) is 3.01. The Balaban J connectivity index is 2.38. The molecule has 0 spiro atoms. The number of halogens is 1. The van der Waals surface area contributed by atoms with E-state index in [9.17, 15) is 9.59 Å². The topological polar surface area (TPSA) is 60.9 Å². The van der Waals surface area contributed by atoms with Crippen molar-refractivity contribution in [1.29, 1.82) is 0 Å². The van der Waals surface area contributed by atoms with Crippen LogP contribution in [-0.4, -0.2) is 52.5 Å². The van der Waals surface area contributed by atoms with Gasteiger partial charge < -0.3 is 14.9 Å². The van der Waals surface area contributed by atoms with Crippen LogP contribution in [0.2, 0.25) is 0 Å². The van der Waals surface area contributed by atoms with Crippen LogP contribution in [0.25, 0.3) is 0 Å². The molecule has 0 saturated carbocycles. The SMILES string of the molecule is CN(CCC1CCCN1C(=O)O)C(=O)Cl. The highest BCUT2D eigenvalue weighted by atomic mass is 35.5. The molecule has 1 N–H and O–H groups in total. The minimum absolute atomic E-state index is 0.0287. The second-order valence-corrected chi connectivity index (χ2v) is 4.06. The summed E-state index contributed by atoms with van der Waals surface area (Å²) in [5, 5.41) is 8.37. The number of nitrogens with zero attached hydrogens (tertiary/aromatic N) is 2. The van der Waals surface area contributed by atoms with Crippen LogP contribution in [-0.2, 0) is 0 Å². The van der Waals surface area contributed by atoms with Gasteiger partial charge in [-0.15, -0.1) is 0 Å². The van der Waals surface area contributed by atoms with Crippen LogP contribution in [0.4, 0.5) is 9.59 Å². The predicted molar refractivity (Wildman–Crippen MR) is 56.2 cm³/mol. The summed E-state index contributed by atoms with van der Waals surface area (Å²) < 4.78 is 0. The molecule has 1 rings (SSSR count). The molecule has 1 saturated heterocycles. The number of hydrogen-bond donors (Lipinski definition) is 1. The van der Waals surface area contributed by atoms with Crippen molar-refractivity contribution in [3.63, 3.8) is 0 Å². The van der Waals surface area contributed by atoms with E-state index in [0.717, 1.165) is 12.8 Å². The van der Waals surface area contributed by atoms with Crippen LogP contribution >= 0.6 is 11.6 Å². The first-order chi connectivity index (χ1) is 7.02. The molecule has 1 unspecified atom stereocenters. The van der Waals surface area contributed by atoms with Gasteiger partial charge in [0.2, 0.25) is 0 Å². The van der Waals surface area contributed by atoms with Gasteiger partial charge in [0, 0.05) is 26.2 Å². The van der Waals surface area contributed by atoms with Crippen molar-refractivity contribution in [1.82, 2.24) is 9.80 Å². The molecule has 0 aromatic carbocycles. The largest absolute Gasteiger partial charge is 0.465 e. The molecular weight excluding hydrogens is 220 g/mol. The summed E-state index contributed by atoms with van der Waals surface area (Å²) in [6.45, 7) is 1.09. The second-order valence-electron chi connectivity index (χ2n) is 3.74. The number of amides is 2. The first-order valence-electron chi connectivity index (χ1n) is 4.92. The van der Waals surface area contributed by atoms with Crippen LogP contribution in [0, 0.1) is 0 Å². The van der Waals surface area contributed by atoms with Crippen molar-refractivity contribution in [2.75, 3.05) is 20.1 Å². The molecule has 86 valence electrons. The number of rotatable bonds is 3. The molecule has 1 fully saturated rings. The fourth-order valence-corrected chi connectivity index (χ4v) is 1.90. The van der Waals surface area contributed by atoms with Gasteiger partial charge in [0.05, 0.1) is 0 Å². The van der Waals surface area contributed by atoms with Crippen molar-refractivity contribution in [3.8, 4) is 0 Å². The van der Waals surface area contributed by atoms with Crippen LogP contribution < -0.4 is 0 Å². The van der Waals surface area contributed by atoms with Crippen molar-refractivity contribution in [3.05, 3.63) is 0 Å². The number of carbonyl (C=O) groups is 2. The Labute approximate surface area is 93.6 Å². The Morgan fingerprint density at radius 1 is 1.60 bits per heavy atom. The number of carboxylic acid groups (broad SMARTS) is 1. The second kappa shape index (κ2) is 5.21. The lowest BCUT2D eigenvalue weighted by molar-refractivity contribution is 0.136. The minimum Gasteiger partial charge on any atom is -0.465 e. The minimum atomic E-state index is -0.877. The Morgan fingerprint density at radius 2 is 2.27 bits per heavy atom. The van der Waals surface area contributed by atoms with Gasteiger partial charge in [-0.1, -0.05) is 0 Å². The van der Waals surface area contributed by atoms with Crippen LogP contribution in [0.5, 0.6) is 0 Å². The zero-order chi connectivity index (χ0) is 11.4. The van der Waals surface area contributed by atoms with E-state index >= 15 is 0 Å². The highest BCUT2D eigenvalue weighted by molar-refractivity contribution is 6.62. The molecule has 15 heavy (non-hydrogen) atoms. The normalized spacial score (nSPS) is 20.4. The molecule has 0 radical (unpaired) electrons. The van der Waals surface area contributed by atoms with Crippen LogP contribution in [0.1, 0.15) is 19.3 Å². The maximum absolute atomic E-state index is 10.8. The van der Waals surface area contributed by atoms with Crippen molar-refractivity contribution in [2.24, 2.45) is 0 Å². The summed E-state index contributed by atoms with van der Waals surface area (Å²) in [6, 6.07) is 0.0287. The van der Waals surface area contributed by atoms with E-state index in [2.05, 4.69) is 0 Å². The molecule has 1 aliphatic heterocycles. The van der Waals surface area contributed by atoms with E-state index in [1.807, 2.05) is 0 Å². The quantitative estimate of drug-likeness (QED) is 0.599. The summed E-state index contributed by atoms with van der Waals surface area (Å²) in [6.07, 6.45) is 1.55. The molecule has 1 atom stereocenters. The zero-order valence-corrected chi connectivity index (χ0v) is 9.40. The Bertz CT molecular complexity index is 260. The van der Waals surface area contributed by atoms with E-state index in [4.69, 9.17) is 16.7 Å². The Hall–Kier alpha value is -0.970. The van der Waals surface area contributed by atoms with Crippen molar-refractivity contribution < 1.29 is 14.7 Å². The first-order valence-corrected chi connectivity index (χ1v) is 5.30. The maximum Gasteiger partial charge on any atom is 0.407 e. The van der Waals surface area contributed by atoms with Crippen LogP contribution in [0.3, 0.4) is 0 Å². The number of hydrogen-bond acceptors (Lipinski definition) is 2. The first kappa shape index (κ1) is 12.1. The van der Waals surface area contributed by atoms with Gasteiger partial charge in [-0.25, -0.2) is 4.79 Å². The van der Waals surface area contributed by atoms with E-state index in [0.29, 0.717) is 19.5 Å². The molecule has 0 aliphatic carbocycles. The van der Waals surface area contributed by atoms with Crippen LogP contribution in [0.15, 0.2) is 0 Å². The molecule has 2 amide bonds. The predicted octanol–water partition coefficient (Wildman–Crippen LogP) is 1.81. The number of carbonyl (C=O) groups excluding carboxylic acids is 1. The zero-order valence-electron chi connectivity index (χ0n) is 8.65. The lowest BCUT2D eigenvalue weighted by Gasteiger charge is -2.23. The Kier molecular flexibility index (Phi) is 4.20. The van der Waals surface area contributed by atoms with Crippen molar-refractivity contribution >= 4 is 23.1 Å². The lowest BCUT2D eigenvalue weighted by Crippen LogP contribution is -2.36. The average molecular weight is 235 g/mol. The maximum atomic E-state index is 10.8. The Morgan fingerprint density at radius 3 is 2.80 bits per heavy atom. The molecule has 5 nitrogen and oxygen atoms in total. The van der Waals surface area contributed by atoms with Gasteiger partial charge >= 0.3 is 11.5 Å². The number of likely N-dealkylation sites (tertiary alicyclic amines) is 1. The molecule has 1 aliphatic rings. The summed E-state index contributed by atoms with van der Waals surface area (Å²) in [5.74, 6) is 0. The van der Waals surface area contributed by atoms with E-state index in [1.54, 1.807) is 7.05 Å². The molecule has 6 heteroatoms. The fraction of sp³-hybridized carbons (Fsp3) is 0.778. The average Bonchev–Trinajstić information content (AvgIpc) is 2.61. The third kappa shape index (κ3) is 3.27. The summed E-state index contributed by atoms with van der Waals surface area (Å²) >= 11 is 5.27.